The zero-order valence-corrected chi connectivity index (χ0v) is 48.7. The van der Waals surface area contributed by atoms with E-state index in [1.165, 1.54) is 44.9 Å². The SMILES string of the molecule is CCCCCCC(C)(C)c1cc(O)c2c(c1)OC(C)(C)[C@@H]1CC=C(C(=O)O)C[C@@H]21.CCCCCCC(C)(C)c1cc(O)c2c(c1)OC(C)(C)[C@@H]1CC=C(C(=O)Oc3ccc(C(N)=S)cc3)C[C@@H]21.NC(=S)c1ccc(O)cc1. The van der Waals surface area contributed by atoms with Gasteiger partial charge in [-0.2, -0.15) is 0 Å². The number of carboxylic acids is 1. The standard InChI is InChI=1S/C32H41NO4S.C25H36O4.C7H7NOS/c1-6-7-8-9-16-31(2,3)22-18-26(34)28-24-17-21(12-15-25(24)32(4,5)37-27(28)19-22)30(35)36-23-13-10-20(11-14-23)29(33)38;1-6-7-8-9-12-24(2,3)17-14-20(26)22-18-13-16(23(27)28)10-11-19(18)25(4,5)29-21(22)15-17;8-7(10)5-1-3-6(9)4-2-5/h10-14,18-19,24-25,34H,6-9,15-17H2,1-5H3,(H2,33,38);10,14-15,18-19,26H,6-9,11-13H2,1-5H3,(H,27,28);1-4,9H,(H2,8,10)/t24-,25-;18-,19-;/m11./s1. The quantitative estimate of drug-likeness (QED) is 0.0253. The zero-order chi connectivity index (χ0) is 56.6. The highest BCUT2D eigenvalue weighted by Crippen LogP contribution is 2.57. The van der Waals surface area contributed by atoms with Gasteiger partial charge in [-0.3, -0.25) is 0 Å². The molecule has 4 atom stereocenters. The molecule has 8 N–H and O–H groups in total. The third kappa shape index (κ3) is 14.8. The van der Waals surface area contributed by atoms with E-state index in [9.17, 15) is 24.9 Å². The number of hydrogen-bond donors (Lipinski definition) is 6. The van der Waals surface area contributed by atoms with Crippen molar-refractivity contribution in [1.82, 2.24) is 0 Å². The molecule has 416 valence electrons. The number of rotatable bonds is 17. The summed E-state index contributed by atoms with van der Waals surface area (Å²) in [5, 5.41) is 40.7. The Labute approximate surface area is 468 Å². The lowest BCUT2D eigenvalue weighted by atomic mass is 9.66. The van der Waals surface area contributed by atoms with Gasteiger partial charge >= 0.3 is 11.9 Å². The van der Waals surface area contributed by atoms with Gasteiger partial charge in [0.15, 0.2) is 0 Å². The van der Waals surface area contributed by atoms with Crippen LogP contribution in [0.5, 0.6) is 34.5 Å². The molecule has 2 heterocycles. The molecular formula is C64H84N2O9S2. The number of esters is 1. The van der Waals surface area contributed by atoms with Gasteiger partial charge in [-0.1, -0.05) is 129 Å². The fraction of sp³-hybridized carbons (Fsp3) is 0.500. The van der Waals surface area contributed by atoms with Gasteiger partial charge in [-0.15, -0.1) is 0 Å². The minimum absolute atomic E-state index is 0.0356. The number of phenolic OH excluding ortho intramolecular Hbond substituents is 3. The first-order valence-corrected chi connectivity index (χ1v) is 28.5. The van der Waals surface area contributed by atoms with Crippen molar-refractivity contribution in [3.05, 3.63) is 129 Å². The second kappa shape index (κ2) is 25.3. The average molecular weight is 1090 g/mol. The van der Waals surface area contributed by atoms with E-state index >= 15 is 0 Å². The molecule has 13 heteroatoms. The first-order valence-electron chi connectivity index (χ1n) is 27.6. The van der Waals surface area contributed by atoms with Gasteiger partial charge in [-0.25, -0.2) is 9.59 Å². The summed E-state index contributed by atoms with van der Waals surface area (Å²) in [5.74, 6) is 1.60. The van der Waals surface area contributed by atoms with Crippen LogP contribution in [0.15, 0.2) is 96.1 Å². The number of carbonyl (C=O) groups excluding carboxylic acids is 1. The van der Waals surface area contributed by atoms with Gasteiger partial charge in [-0.05, 0) is 161 Å². The molecular weight excluding hydrogens is 1000 g/mol. The second-order valence-electron chi connectivity index (χ2n) is 23.9. The number of aliphatic carboxylic acids is 1. The number of fused-ring (bicyclic) bond motifs is 6. The number of carbonyl (C=O) groups is 2. The van der Waals surface area contributed by atoms with Crippen molar-refractivity contribution in [3.8, 4) is 34.5 Å². The summed E-state index contributed by atoms with van der Waals surface area (Å²) in [6.45, 7) is 21.7. The largest absolute Gasteiger partial charge is 0.508 e. The maximum atomic E-state index is 13.1. The van der Waals surface area contributed by atoms with Crippen molar-refractivity contribution >= 4 is 46.4 Å². The molecule has 0 spiro atoms. The Balaban J connectivity index is 0.000000216. The van der Waals surface area contributed by atoms with Crippen LogP contribution in [-0.4, -0.2) is 53.5 Å². The molecule has 8 rings (SSSR count). The maximum absolute atomic E-state index is 13.1. The summed E-state index contributed by atoms with van der Waals surface area (Å²) >= 11 is 9.70. The topological polar surface area (TPSA) is 195 Å². The lowest BCUT2D eigenvalue weighted by molar-refractivity contribution is -0.133. The Hall–Kier alpha value is -5.92. The van der Waals surface area contributed by atoms with E-state index in [1.54, 1.807) is 48.5 Å². The van der Waals surface area contributed by atoms with Crippen LogP contribution >= 0.6 is 24.4 Å². The van der Waals surface area contributed by atoms with Gasteiger partial charge in [0.1, 0.15) is 55.7 Å². The Morgan fingerprint density at radius 1 is 0.623 bits per heavy atom. The van der Waals surface area contributed by atoms with Crippen molar-refractivity contribution in [3.63, 3.8) is 0 Å². The van der Waals surface area contributed by atoms with Gasteiger partial charge in [0.2, 0.25) is 0 Å². The monoisotopic (exact) mass is 1090 g/mol. The van der Waals surface area contributed by atoms with Crippen molar-refractivity contribution in [2.45, 2.75) is 193 Å². The Kier molecular flexibility index (Phi) is 19.8. The van der Waals surface area contributed by atoms with E-state index in [1.807, 2.05) is 24.3 Å². The summed E-state index contributed by atoms with van der Waals surface area (Å²) in [7, 11) is 0. The van der Waals surface area contributed by atoms with Crippen LogP contribution in [0.2, 0.25) is 0 Å². The molecule has 0 bridgehead atoms. The molecule has 11 nitrogen and oxygen atoms in total. The minimum Gasteiger partial charge on any atom is -0.508 e. The second-order valence-corrected chi connectivity index (χ2v) is 24.8. The summed E-state index contributed by atoms with van der Waals surface area (Å²) in [6.07, 6.45) is 17.9. The zero-order valence-electron chi connectivity index (χ0n) is 47.1. The number of ether oxygens (including phenoxy) is 3. The molecule has 0 amide bonds. The molecule has 4 aromatic rings. The molecule has 4 aliphatic rings. The van der Waals surface area contributed by atoms with Gasteiger partial charge in [0, 0.05) is 57.1 Å². The predicted molar refractivity (Wildman–Crippen MR) is 316 cm³/mol. The fourth-order valence-corrected chi connectivity index (χ4v) is 11.9. The first-order chi connectivity index (χ1) is 36.2. The molecule has 77 heavy (non-hydrogen) atoms. The third-order valence-corrected chi connectivity index (χ3v) is 17.0. The number of unbranched alkanes of at least 4 members (excludes halogenated alkanes) is 6. The number of phenols is 3. The number of allylic oxidation sites excluding steroid dienone is 2. The van der Waals surface area contributed by atoms with Crippen LogP contribution in [0.3, 0.4) is 0 Å². The molecule has 2 aliphatic carbocycles. The normalized spacial score (nSPS) is 19.7. The van der Waals surface area contributed by atoms with E-state index in [0.29, 0.717) is 52.6 Å². The Bertz CT molecular complexity index is 2830. The molecule has 0 aromatic heterocycles. The highest BCUT2D eigenvalue weighted by molar-refractivity contribution is 7.80. The number of aromatic hydroxyl groups is 3. The van der Waals surface area contributed by atoms with Crippen LogP contribution in [0, 0.1) is 11.8 Å². The van der Waals surface area contributed by atoms with Crippen LogP contribution in [0.25, 0.3) is 0 Å². The molecule has 4 aromatic carbocycles. The van der Waals surface area contributed by atoms with Crippen molar-refractivity contribution in [1.29, 1.82) is 0 Å². The number of hydrogen-bond acceptors (Lipinski definition) is 10. The summed E-state index contributed by atoms with van der Waals surface area (Å²) < 4.78 is 18.6. The number of nitrogens with two attached hydrogens (primary N) is 2. The number of thiocarbonyl (C=S) groups is 2. The highest BCUT2D eigenvalue weighted by atomic mass is 32.1. The Morgan fingerprint density at radius 2 is 1.03 bits per heavy atom. The van der Waals surface area contributed by atoms with Crippen molar-refractivity contribution in [2.24, 2.45) is 23.3 Å². The van der Waals surface area contributed by atoms with Crippen LogP contribution in [-0.2, 0) is 20.4 Å². The predicted octanol–water partition coefficient (Wildman–Crippen LogP) is 14.8. The van der Waals surface area contributed by atoms with E-state index < -0.39 is 17.2 Å². The van der Waals surface area contributed by atoms with Gasteiger partial charge < -0.3 is 46.1 Å². The van der Waals surface area contributed by atoms with Crippen LogP contribution in [0.4, 0.5) is 0 Å². The summed E-state index contributed by atoms with van der Waals surface area (Å²) in [5.41, 5.74) is 16.3. The van der Waals surface area contributed by atoms with Crippen molar-refractivity contribution in [2.75, 3.05) is 0 Å². The molecule has 0 unspecified atom stereocenters. The summed E-state index contributed by atoms with van der Waals surface area (Å²) in [6, 6.07) is 21.3. The smallest absolute Gasteiger partial charge is 0.339 e. The number of carboxylic acid groups (broad SMARTS) is 1. The average Bonchev–Trinajstić information content (AvgIpc) is 3.38. The van der Waals surface area contributed by atoms with Crippen LogP contribution < -0.4 is 25.7 Å². The van der Waals surface area contributed by atoms with E-state index in [4.69, 9.17) is 55.2 Å². The molecule has 0 saturated carbocycles. The molecule has 0 radical (unpaired) electrons. The van der Waals surface area contributed by atoms with Crippen LogP contribution in [0.1, 0.15) is 204 Å². The molecule has 0 fully saturated rings. The van der Waals surface area contributed by atoms with Crippen molar-refractivity contribution < 1.29 is 44.2 Å². The lowest BCUT2D eigenvalue weighted by Crippen LogP contribution is -2.46. The minimum atomic E-state index is -0.862. The molecule has 2 aliphatic heterocycles. The fourth-order valence-electron chi connectivity index (χ4n) is 11.7. The maximum Gasteiger partial charge on any atom is 0.339 e. The first kappa shape index (κ1) is 60.3. The number of benzene rings is 4. The lowest BCUT2D eigenvalue weighted by Gasteiger charge is -2.47. The van der Waals surface area contributed by atoms with E-state index in [2.05, 4.69) is 81.4 Å². The van der Waals surface area contributed by atoms with E-state index in [-0.39, 0.29) is 57.7 Å². The Morgan fingerprint density at radius 3 is 1.43 bits per heavy atom. The highest BCUT2D eigenvalue weighted by Gasteiger charge is 2.49. The van der Waals surface area contributed by atoms with Gasteiger partial charge in [0.25, 0.3) is 0 Å². The third-order valence-electron chi connectivity index (χ3n) is 16.5. The molecule has 0 saturated heterocycles. The van der Waals surface area contributed by atoms with E-state index in [0.717, 1.165) is 64.1 Å². The summed E-state index contributed by atoms with van der Waals surface area (Å²) in [4.78, 5) is 25.3. The van der Waals surface area contributed by atoms with Gasteiger partial charge in [0.05, 0.1) is 0 Å².